The highest BCUT2D eigenvalue weighted by atomic mass is 16.5. The highest BCUT2D eigenvalue weighted by Gasteiger charge is 2.02. The van der Waals surface area contributed by atoms with Crippen LogP contribution in [-0.4, -0.2) is 14.2 Å². The van der Waals surface area contributed by atoms with Crippen molar-refractivity contribution >= 4 is 0 Å². The van der Waals surface area contributed by atoms with E-state index in [2.05, 4.69) is 31.2 Å². The summed E-state index contributed by atoms with van der Waals surface area (Å²) in [6.07, 6.45) is 20.4. The predicted molar refractivity (Wildman–Crippen MR) is 109 cm³/mol. The maximum Gasteiger partial charge on any atom is 0.122 e. The second kappa shape index (κ2) is 14.9. The topological polar surface area (TPSA) is 18.5 Å². The molecule has 0 atom stereocenters. The van der Waals surface area contributed by atoms with Crippen molar-refractivity contribution in [3.8, 4) is 11.5 Å². The zero-order valence-electron chi connectivity index (χ0n) is 16.7. The molecule has 0 saturated carbocycles. The summed E-state index contributed by atoms with van der Waals surface area (Å²) in [6, 6.07) is 6.18. The van der Waals surface area contributed by atoms with E-state index in [-0.39, 0.29) is 0 Å². The fourth-order valence-corrected chi connectivity index (χ4v) is 3.04. The molecule has 0 aromatic heterocycles. The summed E-state index contributed by atoms with van der Waals surface area (Å²) in [5.74, 6) is 1.77. The van der Waals surface area contributed by atoms with Gasteiger partial charge in [-0.1, -0.05) is 64.0 Å². The summed E-state index contributed by atoms with van der Waals surface area (Å²) in [5, 5.41) is 0. The normalized spacial score (nSPS) is 11.2. The van der Waals surface area contributed by atoms with E-state index in [0.29, 0.717) is 0 Å². The predicted octanol–water partition coefficient (Wildman–Crippen LogP) is 7.11. The van der Waals surface area contributed by atoms with Crippen molar-refractivity contribution < 1.29 is 9.47 Å². The van der Waals surface area contributed by atoms with Gasteiger partial charge < -0.3 is 9.47 Å². The van der Waals surface area contributed by atoms with Crippen molar-refractivity contribution in [1.82, 2.24) is 0 Å². The summed E-state index contributed by atoms with van der Waals surface area (Å²) in [6.45, 7) is 2.25. The molecule has 0 spiro atoms. The quantitative estimate of drug-likeness (QED) is 0.249. The first-order valence-electron chi connectivity index (χ1n) is 10.2. The second-order valence-corrected chi connectivity index (χ2v) is 6.85. The van der Waals surface area contributed by atoms with Gasteiger partial charge >= 0.3 is 0 Å². The first-order chi connectivity index (χ1) is 12.3. The van der Waals surface area contributed by atoms with Gasteiger partial charge in [0.15, 0.2) is 0 Å². The number of benzene rings is 1. The van der Waals surface area contributed by atoms with E-state index >= 15 is 0 Å². The summed E-state index contributed by atoms with van der Waals surface area (Å²) in [7, 11) is 3.42. The first-order valence-corrected chi connectivity index (χ1v) is 10.2. The van der Waals surface area contributed by atoms with Crippen LogP contribution in [0.15, 0.2) is 30.4 Å². The summed E-state index contributed by atoms with van der Waals surface area (Å²) < 4.78 is 10.7. The Morgan fingerprint density at radius 3 is 1.76 bits per heavy atom. The average molecular weight is 347 g/mol. The van der Waals surface area contributed by atoms with Gasteiger partial charge in [-0.15, -0.1) is 0 Å². The molecule has 0 radical (unpaired) electrons. The van der Waals surface area contributed by atoms with Crippen LogP contribution in [0.4, 0.5) is 0 Å². The Morgan fingerprint density at radius 2 is 1.20 bits per heavy atom. The summed E-state index contributed by atoms with van der Waals surface area (Å²) in [5.41, 5.74) is 1.31. The number of hydrogen-bond acceptors (Lipinski definition) is 2. The van der Waals surface area contributed by atoms with Crippen molar-refractivity contribution in [1.29, 1.82) is 0 Å². The van der Waals surface area contributed by atoms with Crippen LogP contribution in [0, 0.1) is 0 Å². The van der Waals surface area contributed by atoms with Gasteiger partial charge in [0.2, 0.25) is 0 Å². The third-order valence-corrected chi connectivity index (χ3v) is 4.64. The molecule has 0 fully saturated rings. The Balaban J connectivity index is 2.01. The SMILES string of the molecule is CCCCC=CCCCCCCCCCc1cc(OC)cc(OC)c1. The van der Waals surface area contributed by atoms with Gasteiger partial charge in [0.1, 0.15) is 11.5 Å². The van der Waals surface area contributed by atoms with Crippen LogP contribution in [-0.2, 0) is 6.42 Å². The Hall–Kier alpha value is -1.44. The number of methoxy groups -OCH3 is 2. The molecule has 2 nitrogen and oxygen atoms in total. The molecule has 1 aromatic rings. The zero-order chi connectivity index (χ0) is 18.2. The van der Waals surface area contributed by atoms with Gasteiger partial charge in [-0.25, -0.2) is 0 Å². The molecular formula is C23H38O2. The van der Waals surface area contributed by atoms with Crippen LogP contribution in [0.3, 0.4) is 0 Å². The van der Waals surface area contributed by atoms with Crippen LogP contribution in [0.2, 0.25) is 0 Å². The molecule has 0 N–H and O–H groups in total. The molecule has 0 bridgehead atoms. The second-order valence-electron chi connectivity index (χ2n) is 6.85. The molecule has 0 heterocycles. The maximum absolute atomic E-state index is 5.33. The van der Waals surface area contributed by atoms with Crippen LogP contribution in [0.5, 0.6) is 11.5 Å². The largest absolute Gasteiger partial charge is 0.497 e. The van der Waals surface area contributed by atoms with Crippen molar-refractivity contribution in [2.75, 3.05) is 14.2 Å². The minimum absolute atomic E-state index is 0.887. The first kappa shape index (κ1) is 21.6. The standard InChI is InChI=1S/C23H38O2/c1-4-5-6-7-8-9-10-11-12-13-14-15-16-17-21-18-22(24-2)20-23(19-21)25-3/h7-8,18-20H,4-6,9-17H2,1-3H3. The average Bonchev–Trinajstić information content (AvgIpc) is 2.65. The smallest absolute Gasteiger partial charge is 0.122 e. The van der Waals surface area contributed by atoms with Gasteiger partial charge in [-0.05, 0) is 49.8 Å². The molecule has 142 valence electrons. The van der Waals surface area contributed by atoms with Crippen molar-refractivity contribution in [3.05, 3.63) is 35.9 Å². The molecule has 0 aliphatic carbocycles. The molecule has 25 heavy (non-hydrogen) atoms. The van der Waals surface area contributed by atoms with Crippen molar-refractivity contribution in [2.24, 2.45) is 0 Å². The van der Waals surface area contributed by atoms with E-state index in [0.717, 1.165) is 17.9 Å². The molecule has 0 amide bonds. The lowest BCUT2D eigenvalue weighted by atomic mass is 10.0. The number of allylic oxidation sites excluding steroid dienone is 2. The summed E-state index contributed by atoms with van der Waals surface area (Å²) in [4.78, 5) is 0. The number of ether oxygens (including phenoxy) is 2. The monoisotopic (exact) mass is 346 g/mol. The third-order valence-electron chi connectivity index (χ3n) is 4.64. The lowest BCUT2D eigenvalue weighted by Crippen LogP contribution is -1.92. The van der Waals surface area contributed by atoms with E-state index in [9.17, 15) is 0 Å². The van der Waals surface area contributed by atoms with Crippen LogP contribution in [0.25, 0.3) is 0 Å². The molecular weight excluding hydrogens is 308 g/mol. The van der Waals surface area contributed by atoms with Gasteiger partial charge in [0, 0.05) is 6.07 Å². The fraction of sp³-hybridized carbons (Fsp3) is 0.652. The Morgan fingerprint density at radius 1 is 0.680 bits per heavy atom. The fourth-order valence-electron chi connectivity index (χ4n) is 3.04. The third kappa shape index (κ3) is 10.9. The van der Waals surface area contributed by atoms with E-state index < -0.39 is 0 Å². The molecule has 1 rings (SSSR count). The summed E-state index contributed by atoms with van der Waals surface area (Å²) >= 11 is 0. The number of aryl methyl sites for hydroxylation is 1. The van der Waals surface area contributed by atoms with E-state index in [1.165, 1.54) is 76.2 Å². The van der Waals surface area contributed by atoms with Crippen LogP contribution >= 0.6 is 0 Å². The molecule has 0 aliphatic heterocycles. The number of unbranched alkanes of at least 4 members (excludes halogenated alkanes) is 9. The van der Waals surface area contributed by atoms with Crippen LogP contribution in [0.1, 0.15) is 83.1 Å². The molecule has 0 unspecified atom stereocenters. The lowest BCUT2D eigenvalue weighted by Gasteiger charge is -2.08. The minimum Gasteiger partial charge on any atom is -0.497 e. The van der Waals surface area contributed by atoms with E-state index in [1.807, 2.05) is 6.07 Å². The number of rotatable bonds is 15. The van der Waals surface area contributed by atoms with Crippen molar-refractivity contribution in [3.63, 3.8) is 0 Å². The number of hydrogen-bond donors (Lipinski definition) is 0. The van der Waals surface area contributed by atoms with E-state index in [4.69, 9.17) is 9.47 Å². The Labute approximate surface area is 155 Å². The van der Waals surface area contributed by atoms with Crippen molar-refractivity contribution in [2.45, 2.75) is 84.0 Å². The highest BCUT2D eigenvalue weighted by molar-refractivity contribution is 5.38. The zero-order valence-corrected chi connectivity index (χ0v) is 16.7. The molecule has 1 aromatic carbocycles. The van der Waals surface area contributed by atoms with Gasteiger partial charge in [0.05, 0.1) is 14.2 Å². The Bertz CT molecular complexity index is 443. The van der Waals surface area contributed by atoms with Crippen LogP contribution < -0.4 is 9.47 Å². The molecule has 0 saturated heterocycles. The Kier molecular flexibility index (Phi) is 12.8. The van der Waals surface area contributed by atoms with Gasteiger partial charge in [0.25, 0.3) is 0 Å². The maximum atomic E-state index is 5.33. The van der Waals surface area contributed by atoms with Gasteiger partial charge in [-0.3, -0.25) is 0 Å². The van der Waals surface area contributed by atoms with E-state index in [1.54, 1.807) is 14.2 Å². The lowest BCUT2D eigenvalue weighted by molar-refractivity contribution is 0.393. The van der Waals surface area contributed by atoms with Gasteiger partial charge in [-0.2, -0.15) is 0 Å². The highest BCUT2D eigenvalue weighted by Crippen LogP contribution is 2.23. The molecule has 2 heteroatoms. The molecule has 0 aliphatic rings. The minimum atomic E-state index is 0.887.